The normalized spacial score (nSPS) is 29.6. The molecule has 1 aromatic rings. The summed E-state index contributed by atoms with van der Waals surface area (Å²) in [4.78, 5) is 37.7. The standard InChI is InChI=1S/C15H19N5O4/c1-8-11-12(9-4-6-10(7-5-9)20(23)24)18(2)15(22)17-13(11)19(3)14(21)16-8/h4-8,11-13H,1-3H3,(H,16,21)(H,17,22)/t8-,11+,12-,13+/m0/s1. The third-order valence-corrected chi connectivity index (χ3v) is 4.85. The van der Waals surface area contributed by atoms with Gasteiger partial charge in [0.2, 0.25) is 0 Å². The Labute approximate surface area is 138 Å². The van der Waals surface area contributed by atoms with Crippen molar-refractivity contribution in [1.82, 2.24) is 20.4 Å². The summed E-state index contributed by atoms with van der Waals surface area (Å²) in [5.74, 6) is -0.100. The molecule has 2 heterocycles. The van der Waals surface area contributed by atoms with Crippen molar-refractivity contribution in [3.05, 3.63) is 39.9 Å². The predicted octanol–water partition coefficient (Wildman–Crippen LogP) is 1.28. The van der Waals surface area contributed by atoms with Crippen LogP contribution in [0.2, 0.25) is 0 Å². The fraction of sp³-hybridized carbons (Fsp3) is 0.467. The van der Waals surface area contributed by atoms with Gasteiger partial charge < -0.3 is 20.4 Å². The Balaban J connectivity index is 2.01. The second kappa shape index (κ2) is 5.66. The van der Waals surface area contributed by atoms with E-state index in [0.29, 0.717) is 0 Å². The Bertz CT molecular complexity index is 692. The fourth-order valence-corrected chi connectivity index (χ4v) is 3.54. The molecule has 9 nitrogen and oxygen atoms in total. The highest BCUT2D eigenvalue weighted by molar-refractivity contribution is 5.80. The number of nitrogens with one attached hydrogen (secondary N) is 2. The number of rotatable bonds is 2. The molecule has 2 fully saturated rings. The zero-order valence-electron chi connectivity index (χ0n) is 13.6. The van der Waals surface area contributed by atoms with E-state index in [-0.39, 0.29) is 35.8 Å². The maximum Gasteiger partial charge on any atom is 0.319 e. The number of benzene rings is 1. The molecule has 2 N–H and O–H groups in total. The first kappa shape index (κ1) is 16.0. The van der Waals surface area contributed by atoms with Crippen LogP contribution < -0.4 is 10.6 Å². The molecule has 0 bridgehead atoms. The molecule has 2 aliphatic heterocycles. The highest BCUT2D eigenvalue weighted by Crippen LogP contribution is 2.38. The summed E-state index contributed by atoms with van der Waals surface area (Å²) in [6.07, 6.45) is -0.433. The number of hydrogen-bond donors (Lipinski definition) is 2. The van der Waals surface area contributed by atoms with Gasteiger partial charge in [0, 0.05) is 38.2 Å². The number of fused-ring (bicyclic) bond motifs is 1. The van der Waals surface area contributed by atoms with Gasteiger partial charge in [-0.15, -0.1) is 0 Å². The molecule has 128 valence electrons. The Kier molecular flexibility index (Phi) is 3.78. The number of carbonyl (C=O) groups excluding carboxylic acids is 2. The summed E-state index contributed by atoms with van der Waals surface area (Å²) in [7, 11) is 3.32. The topological polar surface area (TPSA) is 108 Å². The number of non-ortho nitro benzene ring substituents is 1. The summed E-state index contributed by atoms with van der Waals surface area (Å²) >= 11 is 0. The van der Waals surface area contributed by atoms with Crippen LogP contribution in [0, 0.1) is 16.0 Å². The maximum absolute atomic E-state index is 12.3. The van der Waals surface area contributed by atoms with Crippen LogP contribution in [0.3, 0.4) is 0 Å². The van der Waals surface area contributed by atoms with Crippen molar-refractivity contribution in [1.29, 1.82) is 0 Å². The molecule has 1 aromatic carbocycles. The van der Waals surface area contributed by atoms with Crippen LogP contribution in [-0.2, 0) is 0 Å². The van der Waals surface area contributed by atoms with Crippen molar-refractivity contribution in [3.8, 4) is 0 Å². The minimum atomic E-state index is -0.457. The first-order chi connectivity index (χ1) is 11.3. The summed E-state index contributed by atoms with van der Waals surface area (Å²) in [6, 6.07) is 5.20. The summed E-state index contributed by atoms with van der Waals surface area (Å²) in [6.45, 7) is 1.90. The van der Waals surface area contributed by atoms with Crippen molar-refractivity contribution in [2.24, 2.45) is 5.92 Å². The van der Waals surface area contributed by atoms with Gasteiger partial charge in [-0.25, -0.2) is 9.59 Å². The van der Waals surface area contributed by atoms with Crippen molar-refractivity contribution in [2.75, 3.05) is 14.1 Å². The first-order valence-corrected chi connectivity index (χ1v) is 7.62. The fourth-order valence-electron chi connectivity index (χ4n) is 3.54. The molecule has 4 amide bonds. The lowest BCUT2D eigenvalue weighted by Gasteiger charge is -2.52. The number of nitro groups is 1. The second-order valence-electron chi connectivity index (χ2n) is 6.23. The Morgan fingerprint density at radius 1 is 1.04 bits per heavy atom. The number of nitro benzene ring substituents is 1. The second-order valence-corrected chi connectivity index (χ2v) is 6.23. The van der Waals surface area contributed by atoms with E-state index in [4.69, 9.17) is 0 Å². The molecule has 3 rings (SSSR count). The maximum atomic E-state index is 12.3. The number of nitrogens with zero attached hydrogens (tertiary/aromatic N) is 3. The van der Waals surface area contributed by atoms with E-state index in [1.807, 2.05) is 6.92 Å². The van der Waals surface area contributed by atoms with Gasteiger partial charge in [0.05, 0.1) is 11.0 Å². The first-order valence-electron chi connectivity index (χ1n) is 7.62. The predicted molar refractivity (Wildman–Crippen MR) is 85.2 cm³/mol. The number of amides is 4. The van der Waals surface area contributed by atoms with Gasteiger partial charge in [0.25, 0.3) is 5.69 Å². The molecule has 0 aliphatic carbocycles. The Morgan fingerprint density at radius 3 is 2.21 bits per heavy atom. The van der Waals surface area contributed by atoms with Gasteiger partial charge >= 0.3 is 12.1 Å². The van der Waals surface area contributed by atoms with Crippen LogP contribution in [0.25, 0.3) is 0 Å². The molecule has 0 spiro atoms. The summed E-state index contributed by atoms with van der Waals surface area (Å²) < 4.78 is 0. The summed E-state index contributed by atoms with van der Waals surface area (Å²) in [5.41, 5.74) is 0.796. The van der Waals surface area contributed by atoms with Crippen LogP contribution in [0.15, 0.2) is 24.3 Å². The van der Waals surface area contributed by atoms with Gasteiger partial charge in [0.1, 0.15) is 6.17 Å². The van der Waals surface area contributed by atoms with Gasteiger partial charge in [-0.3, -0.25) is 10.1 Å². The van der Waals surface area contributed by atoms with E-state index in [9.17, 15) is 19.7 Å². The Hall–Kier alpha value is -2.84. The van der Waals surface area contributed by atoms with Crippen molar-refractivity contribution >= 4 is 17.7 Å². The molecule has 24 heavy (non-hydrogen) atoms. The van der Waals surface area contributed by atoms with Crippen LogP contribution in [-0.4, -0.2) is 53.1 Å². The van der Waals surface area contributed by atoms with Gasteiger partial charge in [-0.1, -0.05) is 12.1 Å². The highest BCUT2D eigenvalue weighted by atomic mass is 16.6. The lowest BCUT2D eigenvalue weighted by molar-refractivity contribution is -0.384. The third kappa shape index (κ3) is 2.41. The van der Waals surface area contributed by atoms with E-state index in [0.717, 1.165) is 5.56 Å². The zero-order chi connectivity index (χ0) is 17.6. The molecule has 0 unspecified atom stereocenters. The van der Waals surface area contributed by atoms with E-state index in [1.54, 1.807) is 31.1 Å². The quantitative estimate of drug-likeness (QED) is 0.628. The molecule has 2 aliphatic rings. The van der Waals surface area contributed by atoms with E-state index >= 15 is 0 Å². The molecule has 9 heteroatoms. The lowest BCUT2D eigenvalue weighted by atomic mass is 9.81. The largest absolute Gasteiger partial charge is 0.335 e. The third-order valence-electron chi connectivity index (χ3n) is 4.85. The molecule has 4 atom stereocenters. The average molecular weight is 333 g/mol. The lowest BCUT2D eigenvalue weighted by Crippen LogP contribution is -2.71. The van der Waals surface area contributed by atoms with Crippen molar-refractivity contribution < 1.29 is 14.5 Å². The zero-order valence-corrected chi connectivity index (χ0v) is 13.6. The summed E-state index contributed by atoms with van der Waals surface area (Å²) in [5, 5.41) is 16.6. The van der Waals surface area contributed by atoms with Crippen molar-refractivity contribution in [3.63, 3.8) is 0 Å². The monoisotopic (exact) mass is 333 g/mol. The minimum absolute atomic E-state index is 0.000303. The van der Waals surface area contributed by atoms with Gasteiger partial charge in [0.15, 0.2) is 0 Å². The van der Waals surface area contributed by atoms with E-state index in [1.165, 1.54) is 17.0 Å². The molecule has 0 saturated carbocycles. The number of carbonyl (C=O) groups is 2. The molecule has 2 saturated heterocycles. The highest BCUT2D eigenvalue weighted by Gasteiger charge is 2.49. The molecular weight excluding hydrogens is 314 g/mol. The smallest absolute Gasteiger partial charge is 0.319 e. The Morgan fingerprint density at radius 2 is 1.62 bits per heavy atom. The van der Waals surface area contributed by atoms with Crippen LogP contribution >= 0.6 is 0 Å². The van der Waals surface area contributed by atoms with Gasteiger partial charge in [-0.2, -0.15) is 0 Å². The minimum Gasteiger partial charge on any atom is -0.335 e. The van der Waals surface area contributed by atoms with Crippen LogP contribution in [0.1, 0.15) is 18.5 Å². The SMILES string of the molecule is C[C@@H]1NC(=O)N(C)[C@H]2NC(=O)N(C)[C@@H](c3ccc([N+](=O)[O-])cc3)[C@@H]12. The van der Waals surface area contributed by atoms with Crippen molar-refractivity contribution in [2.45, 2.75) is 25.2 Å². The average Bonchev–Trinajstić information content (AvgIpc) is 2.54. The van der Waals surface area contributed by atoms with E-state index in [2.05, 4.69) is 10.6 Å². The molecule has 0 radical (unpaired) electrons. The van der Waals surface area contributed by atoms with Crippen LogP contribution in [0.5, 0.6) is 0 Å². The van der Waals surface area contributed by atoms with Gasteiger partial charge in [-0.05, 0) is 12.5 Å². The van der Waals surface area contributed by atoms with Crippen LogP contribution in [0.4, 0.5) is 15.3 Å². The molecule has 0 aromatic heterocycles. The molecular formula is C15H19N5O4. The number of urea groups is 2. The number of hydrogen-bond acceptors (Lipinski definition) is 4. The van der Waals surface area contributed by atoms with E-state index < -0.39 is 11.1 Å².